The summed E-state index contributed by atoms with van der Waals surface area (Å²) >= 11 is 0. The third-order valence-electron chi connectivity index (χ3n) is 4.06. The largest absolute Gasteiger partial charge is 0.493 e. The third-order valence-corrected chi connectivity index (χ3v) is 4.06. The summed E-state index contributed by atoms with van der Waals surface area (Å²) in [4.78, 5) is 11.9. The van der Waals surface area contributed by atoms with Crippen LogP contribution in [0.15, 0.2) is 42.5 Å². The fourth-order valence-electron chi connectivity index (χ4n) is 2.71. The number of hydrogen-bond acceptors (Lipinski definition) is 4. The predicted molar refractivity (Wildman–Crippen MR) is 95.4 cm³/mol. The van der Waals surface area contributed by atoms with E-state index in [-0.39, 0.29) is 5.91 Å². The lowest BCUT2D eigenvalue weighted by molar-refractivity contribution is -0.121. The number of amides is 1. The first-order valence-corrected chi connectivity index (χ1v) is 8.56. The molecule has 5 nitrogen and oxygen atoms in total. The van der Waals surface area contributed by atoms with Crippen LogP contribution < -0.4 is 19.5 Å². The van der Waals surface area contributed by atoms with Crippen molar-refractivity contribution >= 4 is 5.91 Å². The van der Waals surface area contributed by atoms with Crippen molar-refractivity contribution in [1.29, 1.82) is 0 Å². The molecule has 0 saturated heterocycles. The van der Waals surface area contributed by atoms with E-state index in [4.69, 9.17) is 14.2 Å². The van der Waals surface area contributed by atoms with Gasteiger partial charge in [0.1, 0.15) is 19.0 Å². The van der Waals surface area contributed by atoms with Gasteiger partial charge >= 0.3 is 0 Å². The van der Waals surface area contributed by atoms with E-state index < -0.39 is 0 Å². The van der Waals surface area contributed by atoms with Crippen LogP contribution >= 0.6 is 0 Å². The molecule has 1 aliphatic rings. The second-order valence-electron chi connectivity index (χ2n) is 5.93. The summed E-state index contributed by atoms with van der Waals surface area (Å²) in [6, 6.07) is 13.5. The van der Waals surface area contributed by atoms with Gasteiger partial charge in [-0.05, 0) is 48.7 Å². The maximum absolute atomic E-state index is 11.9. The van der Waals surface area contributed by atoms with Gasteiger partial charge in [-0.2, -0.15) is 0 Å². The summed E-state index contributed by atoms with van der Waals surface area (Å²) in [5.41, 5.74) is 2.30. The lowest BCUT2D eigenvalue weighted by Crippen LogP contribution is -2.27. The highest BCUT2D eigenvalue weighted by Crippen LogP contribution is 2.33. The Morgan fingerprint density at radius 2 is 1.84 bits per heavy atom. The quantitative estimate of drug-likeness (QED) is 0.841. The van der Waals surface area contributed by atoms with Crippen LogP contribution in [0.25, 0.3) is 0 Å². The van der Waals surface area contributed by atoms with Gasteiger partial charge in [0, 0.05) is 6.54 Å². The molecule has 0 fully saturated rings. The monoisotopic (exact) mass is 341 g/mol. The Labute approximate surface area is 147 Å². The molecule has 1 aliphatic heterocycles. The first kappa shape index (κ1) is 17.1. The number of fused-ring (bicyclic) bond motifs is 1. The van der Waals surface area contributed by atoms with Gasteiger partial charge in [0.2, 0.25) is 5.91 Å². The average molecular weight is 341 g/mol. The molecule has 3 rings (SSSR count). The smallest absolute Gasteiger partial charge is 0.223 e. The summed E-state index contributed by atoms with van der Waals surface area (Å²) in [6.07, 6.45) is 1.10. The molecule has 0 unspecified atom stereocenters. The number of ether oxygens (including phenoxy) is 3. The topological polar surface area (TPSA) is 56.8 Å². The molecule has 0 saturated carbocycles. The van der Waals surface area contributed by atoms with E-state index in [1.807, 2.05) is 49.4 Å². The second-order valence-corrected chi connectivity index (χ2v) is 5.93. The Morgan fingerprint density at radius 3 is 2.60 bits per heavy atom. The molecule has 25 heavy (non-hydrogen) atoms. The van der Waals surface area contributed by atoms with Crippen LogP contribution in [0.4, 0.5) is 0 Å². The zero-order chi connectivity index (χ0) is 17.5. The molecule has 0 aromatic heterocycles. The van der Waals surface area contributed by atoms with E-state index >= 15 is 0 Å². The van der Waals surface area contributed by atoms with Gasteiger partial charge in [-0.1, -0.05) is 18.2 Å². The number of rotatable bonds is 7. The van der Waals surface area contributed by atoms with Gasteiger partial charge < -0.3 is 19.5 Å². The SMILES string of the molecule is Cc1cc2c(cc1CCNC(=O)CCOc1ccccc1)OCCO2. The number of hydrogen-bond donors (Lipinski definition) is 1. The first-order chi connectivity index (χ1) is 12.2. The van der Waals surface area contributed by atoms with Gasteiger partial charge in [0.15, 0.2) is 11.5 Å². The Kier molecular flexibility index (Phi) is 5.77. The molecule has 0 radical (unpaired) electrons. The Morgan fingerprint density at radius 1 is 1.12 bits per heavy atom. The van der Waals surface area contributed by atoms with Crippen molar-refractivity contribution in [3.05, 3.63) is 53.6 Å². The minimum Gasteiger partial charge on any atom is -0.493 e. The Bertz CT molecular complexity index is 715. The first-order valence-electron chi connectivity index (χ1n) is 8.56. The lowest BCUT2D eigenvalue weighted by Gasteiger charge is -2.20. The van der Waals surface area contributed by atoms with Crippen molar-refractivity contribution in [1.82, 2.24) is 5.32 Å². The molecule has 0 bridgehead atoms. The molecule has 1 heterocycles. The Balaban J connectivity index is 1.41. The van der Waals surface area contributed by atoms with Gasteiger partial charge in [-0.3, -0.25) is 4.79 Å². The molecular weight excluding hydrogens is 318 g/mol. The van der Waals surface area contributed by atoms with Crippen LogP contribution in [-0.4, -0.2) is 32.3 Å². The number of carbonyl (C=O) groups is 1. The summed E-state index contributed by atoms with van der Waals surface area (Å²) in [5, 5.41) is 2.93. The van der Waals surface area contributed by atoms with Crippen LogP contribution in [-0.2, 0) is 11.2 Å². The molecule has 0 spiro atoms. The number of aryl methyl sites for hydroxylation is 1. The molecule has 0 aliphatic carbocycles. The van der Waals surface area contributed by atoms with Crippen molar-refractivity contribution in [3.63, 3.8) is 0 Å². The summed E-state index contributed by atoms with van der Waals surface area (Å²) < 4.78 is 16.7. The van der Waals surface area contributed by atoms with E-state index in [0.29, 0.717) is 32.8 Å². The summed E-state index contributed by atoms with van der Waals surface area (Å²) in [7, 11) is 0. The normalized spacial score (nSPS) is 12.5. The van der Waals surface area contributed by atoms with Crippen LogP contribution in [0, 0.1) is 6.92 Å². The van der Waals surface area contributed by atoms with E-state index in [9.17, 15) is 4.79 Å². The number of para-hydroxylation sites is 1. The van der Waals surface area contributed by atoms with Gasteiger partial charge in [0.05, 0.1) is 13.0 Å². The van der Waals surface area contributed by atoms with Crippen LogP contribution in [0.1, 0.15) is 17.5 Å². The average Bonchev–Trinajstić information content (AvgIpc) is 2.63. The van der Waals surface area contributed by atoms with Crippen LogP contribution in [0.2, 0.25) is 0 Å². The van der Waals surface area contributed by atoms with Crippen LogP contribution in [0.3, 0.4) is 0 Å². The van der Waals surface area contributed by atoms with Gasteiger partial charge in [-0.25, -0.2) is 0 Å². The molecule has 132 valence electrons. The van der Waals surface area contributed by atoms with Crippen LogP contribution in [0.5, 0.6) is 17.2 Å². The van der Waals surface area contributed by atoms with Gasteiger partial charge in [-0.15, -0.1) is 0 Å². The molecule has 2 aromatic rings. The number of nitrogens with one attached hydrogen (secondary N) is 1. The maximum atomic E-state index is 11.9. The van der Waals surface area contributed by atoms with Crippen molar-refractivity contribution in [2.45, 2.75) is 19.8 Å². The number of benzene rings is 2. The molecule has 2 aromatic carbocycles. The highest BCUT2D eigenvalue weighted by Gasteiger charge is 2.14. The van der Waals surface area contributed by atoms with E-state index in [1.165, 1.54) is 0 Å². The standard InChI is InChI=1S/C20H23NO4/c1-15-13-18-19(25-12-11-24-18)14-16(15)7-9-21-20(22)8-10-23-17-5-3-2-4-6-17/h2-6,13-14H,7-12H2,1H3,(H,21,22). The minimum absolute atomic E-state index is 0.00822. The highest BCUT2D eigenvalue weighted by molar-refractivity contribution is 5.76. The highest BCUT2D eigenvalue weighted by atomic mass is 16.6. The zero-order valence-electron chi connectivity index (χ0n) is 14.4. The van der Waals surface area contributed by atoms with Crippen molar-refractivity contribution in [2.24, 2.45) is 0 Å². The number of carbonyl (C=O) groups excluding carboxylic acids is 1. The Hall–Kier alpha value is -2.69. The van der Waals surface area contributed by atoms with E-state index in [2.05, 4.69) is 5.32 Å². The fraction of sp³-hybridized carbons (Fsp3) is 0.350. The van der Waals surface area contributed by atoms with Crippen molar-refractivity contribution < 1.29 is 19.0 Å². The van der Waals surface area contributed by atoms with Crippen molar-refractivity contribution in [2.75, 3.05) is 26.4 Å². The molecule has 0 atom stereocenters. The lowest BCUT2D eigenvalue weighted by atomic mass is 10.0. The van der Waals surface area contributed by atoms with E-state index in [1.54, 1.807) is 0 Å². The maximum Gasteiger partial charge on any atom is 0.223 e. The van der Waals surface area contributed by atoms with Crippen molar-refractivity contribution in [3.8, 4) is 17.2 Å². The van der Waals surface area contributed by atoms with E-state index in [0.717, 1.165) is 34.8 Å². The second kappa shape index (κ2) is 8.42. The molecule has 1 N–H and O–H groups in total. The minimum atomic E-state index is -0.00822. The summed E-state index contributed by atoms with van der Waals surface area (Å²) in [6.45, 7) is 4.17. The summed E-state index contributed by atoms with van der Waals surface area (Å²) in [5.74, 6) is 2.36. The fourth-order valence-corrected chi connectivity index (χ4v) is 2.71. The third kappa shape index (κ3) is 4.89. The molecule has 5 heteroatoms. The zero-order valence-corrected chi connectivity index (χ0v) is 14.4. The predicted octanol–water partition coefficient (Wildman–Crippen LogP) is 2.89. The molecular formula is C20H23NO4. The van der Waals surface area contributed by atoms with Gasteiger partial charge in [0.25, 0.3) is 0 Å². The molecule has 1 amide bonds.